The van der Waals surface area contributed by atoms with E-state index in [1.54, 1.807) is 6.20 Å². The van der Waals surface area contributed by atoms with E-state index in [0.717, 1.165) is 10.9 Å². The minimum atomic E-state index is -0.0637. The predicted molar refractivity (Wildman–Crippen MR) is 54.3 cm³/mol. The first-order valence-corrected chi connectivity index (χ1v) is 3.56. The molecule has 1 aromatic heterocycles. The second-order valence-corrected chi connectivity index (χ2v) is 2.52. The second kappa shape index (κ2) is 3.45. The van der Waals surface area contributed by atoms with E-state index < -0.39 is 0 Å². The summed E-state index contributed by atoms with van der Waals surface area (Å²) < 4.78 is 1.35. The van der Waals surface area contributed by atoms with Crippen LogP contribution >= 0.6 is 12.4 Å². The van der Waals surface area contributed by atoms with Crippen LogP contribution in [0.4, 0.5) is 0 Å². The number of nitrogens with zero attached hydrogens (tertiary/aromatic N) is 2. The molecule has 0 aliphatic carbocycles. The largest absolute Gasteiger partial charge is 0.368 e. The summed E-state index contributed by atoms with van der Waals surface area (Å²) in [7, 11) is 0. The van der Waals surface area contributed by atoms with Crippen molar-refractivity contribution in [3.63, 3.8) is 0 Å². The van der Waals surface area contributed by atoms with E-state index in [-0.39, 0.29) is 18.4 Å². The number of hydrogen-bond donors (Lipinski definition) is 2. The standard InChI is InChI=1S/C8H8N4.ClH/c9-8(10)12-5-6-3-1-2-4-7(6)11-12;/h1-5H,(H3,9,10);1H. The third kappa shape index (κ3) is 1.62. The van der Waals surface area contributed by atoms with Gasteiger partial charge < -0.3 is 5.73 Å². The maximum absolute atomic E-state index is 7.15. The molecule has 2 aromatic rings. The quantitative estimate of drug-likeness (QED) is 0.491. The minimum Gasteiger partial charge on any atom is -0.368 e. The summed E-state index contributed by atoms with van der Waals surface area (Å²) in [6.07, 6.45) is 1.73. The Morgan fingerprint density at radius 1 is 1.38 bits per heavy atom. The average Bonchev–Trinajstić information content (AvgIpc) is 2.46. The fraction of sp³-hybridized carbons (Fsp3) is 0. The van der Waals surface area contributed by atoms with E-state index in [2.05, 4.69) is 5.10 Å². The summed E-state index contributed by atoms with van der Waals surface area (Å²) in [4.78, 5) is 0. The van der Waals surface area contributed by atoms with Crippen LogP contribution in [0.1, 0.15) is 0 Å². The van der Waals surface area contributed by atoms with Crippen molar-refractivity contribution in [1.29, 1.82) is 5.41 Å². The van der Waals surface area contributed by atoms with Gasteiger partial charge in [-0.2, -0.15) is 5.10 Å². The first-order chi connectivity index (χ1) is 5.77. The lowest BCUT2D eigenvalue weighted by Gasteiger charge is -1.91. The number of aromatic nitrogens is 2. The molecule has 0 saturated carbocycles. The minimum absolute atomic E-state index is 0. The molecule has 0 spiro atoms. The summed E-state index contributed by atoms with van der Waals surface area (Å²) in [6.45, 7) is 0. The lowest BCUT2D eigenvalue weighted by Crippen LogP contribution is -2.20. The van der Waals surface area contributed by atoms with Gasteiger partial charge in [-0.05, 0) is 6.07 Å². The smallest absolute Gasteiger partial charge is 0.213 e. The van der Waals surface area contributed by atoms with Gasteiger partial charge in [0.2, 0.25) is 5.96 Å². The van der Waals surface area contributed by atoms with Gasteiger partial charge in [0, 0.05) is 11.6 Å². The molecule has 4 nitrogen and oxygen atoms in total. The summed E-state index contributed by atoms with van der Waals surface area (Å²) in [5.41, 5.74) is 6.12. The maximum atomic E-state index is 7.15. The molecule has 0 fully saturated rings. The summed E-state index contributed by atoms with van der Waals surface area (Å²) in [5, 5.41) is 12.2. The van der Waals surface area contributed by atoms with Crippen molar-refractivity contribution >= 4 is 29.3 Å². The van der Waals surface area contributed by atoms with Crippen LogP contribution in [-0.2, 0) is 0 Å². The molecular formula is C8H9ClN4. The Morgan fingerprint density at radius 2 is 2.08 bits per heavy atom. The van der Waals surface area contributed by atoms with Gasteiger partial charge in [-0.25, -0.2) is 4.68 Å². The zero-order chi connectivity index (χ0) is 8.55. The SMILES string of the molecule is Cl.N=C(N)n1cc2ccccc2n1. The first kappa shape index (κ1) is 9.54. The number of nitrogens with two attached hydrogens (primary N) is 1. The number of nitrogen functional groups attached to an aromatic ring is 1. The van der Waals surface area contributed by atoms with Gasteiger partial charge in [-0.3, -0.25) is 5.41 Å². The van der Waals surface area contributed by atoms with E-state index >= 15 is 0 Å². The van der Waals surface area contributed by atoms with Gasteiger partial charge in [0.05, 0.1) is 5.52 Å². The van der Waals surface area contributed by atoms with Crippen molar-refractivity contribution in [2.75, 3.05) is 0 Å². The van der Waals surface area contributed by atoms with Crippen molar-refractivity contribution in [3.05, 3.63) is 30.5 Å². The number of nitrogens with one attached hydrogen (secondary N) is 1. The Bertz CT molecular complexity index is 401. The van der Waals surface area contributed by atoms with Crippen molar-refractivity contribution in [3.8, 4) is 0 Å². The molecule has 5 heteroatoms. The average molecular weight is 197 g/mol. The normalized spacial score (nSPS) is 9.54. The molecule has 0 saturated heterocycles. The monoisotopic (exact) mass is 196 g/mol. The van der Waals surface area contributed by atoms with Gasteiger partial charge in [0.15, 0.2) is 0 Å². The number of hydrogen-bond acceptors (Lipinski definition) is 2. The summed E-state index contributed by atoms with van der Waals surface area (Å²) in [5.74, 6) is -0.0637. The highest BCUT2D eigenvalue weighted by atomic mass is 35.5. The van der Waals surface area contributed by atoms with Gasteiger partial charge >= 0.3 is 0 Å². The van der Waals surface area contributed by atoms with Crippen LogP contribution in [0.3, 0.4) is 0 Å². The third-order valence-electron chi connectivity index (χ3n) is 1.66. The van der Waals surface area contributed by atoms with Crippen LogP contribution in [0, 0.1) is 5.41 Å². The zero-order valence-electron chi connectivity index (χ0n) is 6.77. The van der Waals surface area contributed by atoms with Crippen LogP contribution in [-0.4, -0.2) is 15.7 Å². The molecule has 0 aliphatic heterocycles. The highest BCUT2D eigenvalue weighted by molar-refractivity contribution is 5.85. The van der Waals surface area contributed by atoms with Crippen molar-refractivity contribution in [1.82, 2.24) is 9.78 Å². The van der Waals surface area contributed by atoms with Crippen molar-refractivity contribution in [2.45, 2.75) is 0 Å². The Hall–Kier alpha value is -1.55. The highest BCUT2D eigenvalue weighted by Gasteiger charge is 1.99. The van der Waals surface area contributed by atoms with Gasteiger partial charge in [-0.1, -0.05) is 18.2 Å². The fourth-order valence-electron chi connectivity index (χ4n) is 1.09. The predicted octanol–water partition coefficient (Wildman–Crippen LogP) is 1.20. The number of benzene rings is 1. The van der Waals surface area contributed by atoms with E-state index in [1.165, 1.54) is 4.68 Å². The first-order valence-electron chi connectivity index (χ1n) is 3.56. The number of halogens is 1. The fourth-order valence-corrected chi connectivity index (χ4v) is 1.09. The Kier molecular flexibility index (Phi) is 2.53. The number of rotatable bonds is 0. The van der Waals surface area contributed by atoms with E-state index in [9.17, 15) is 0 Å². The van der Waals surface area contributed by atoms with Gasteiger partial charge in [0.1, 0.15) is 0 Å². The highest BCUT2D eigenvalue weighted by Crippen LogP contribution is 2.09. The van der Waals surface area contributed by atoms with Crippen LogP contribution in [0.5, 0.6) is 0 Å². The molecule has 13 heavy (non-hydrogen) atoms. The Balaban J connectivity index is 0.000000845. The van der Waals surface area contributed by atoms with Gasteiger partial charge in [-0.15, -0.1) is 12.4 Å². The van der Waals surface area contributed by atoms with E-state index in [4.69, 9.17) is 11.1 Å². The Labute approximate surface area is 81.3 Å². The molecule has 0 bridgehead atoms. The van der Waals surface area contributed by atoms with Crippen LogP contribution in [0.2, 0.25) is 0 Å². The lowest BCUT2D eigenvalue weighted by atomic mass is 10.3. The zero-order valence-corrected chi connectivity index (χ0v) is 7.58. The maximum Gasteiger partial charge on any atom is 0.213 e. The molecule has 2 rings (SSSR count). The van der Waals surface area contributed by atoms with Gasteiger partial charge in [0.25, 0.3) is 0 Å². The second-order valence-electron chi connectivity index (χ2n) is 2.52. The molecule has 0 atom stereocenters. The summed E-state index contributed by atoms with van der Waals surface area (Å²) >= 11 is 0. The van der Waals surface area contributed by atoms with E-state index in [0.29, 0.717) is 0 Å². The topological polar surface area (TPSA) is 67.7 Å². The molecule has 1 aromatic carbocycles. The summed E-state index contributed by atoms with van der Waals surface area (Å²) in [6, 6.07) is 7.64. The van der Waals surface area contributed by atoms with Crippen LogP contribution < -0.4 is 5.73 Å². The third-order valence-corrected chi connectivity index (χ3v) is 1.66. The van der Waals surface area contributed by atoms with Crippen LogP contribution in [0.25, 0.3) is 10.9 Å². The molecular weight excluding hydrogens is 188 g/mol. The van der Waals surface area contributed by atoms with E-state index in [1.807, 2.05) is 24.3 Å². The molecule has 0 aliphatic rings. The molecule has 0 radical (unpaired) electrons. The number of fused-ring (bicyclic) bond motifs is 1. The Morgan fingerprint density at radius 3 is 2.69 bits per heavy atom. The molecule has 0 unspecified atom stereocenters. The molecule has 1 heterocycles. The van der Waals surface area contributed by atoms with Crippen molar-refractivity contribution < 1.29 is 0 Å². The molecule has 3 N–H and O–H groups in total. The molecule has 68 valence electrons. The molecule has 0 amide bonds. The van der Waals surface area contributed by atoms with Crippen LogP contribution in [0.15, 0.2) is 30.5 Å². The lowest BCUT2D eigenvalue weighted by molar-refractivity contribution is 0.928. The van der Waals surface area contributed by atoms with Crippen molar-refractivity contribution in [2.24, 2.45) is 5.73 Å².